The molecule has 1 aliphatic carbocycles. The SMILES string of the molecule is CC(C)(C)c1ccc(S(=O)(=O)/N=C2/C=C(SCC(=O)O)C(=O)c3ccccc32)cc1. The van der Waals surface area contributed by atoms with E-state index in [1.54, 1.807) is 36.4 Å². The summed E-state index contributed by atoms with van der Waals surface area (Å²) in [4.78, 5) is 23.8. The number of carboxylic acid groups (broad SMARTS) is 1. The van der Waals surface area contributed by atoms with Crippen molar-refractivity contribution in [3.63, 3.8) is 0 Å². The lowest BCUT2D eigenvalue weighted by molar-refractivity contribution is -0.133. The van der Waals surface area contributed by atoms with Gasteiger partial charge in [0.15, 0.2) is 5.78 Å². The highest BCUT2D eigenvalue weighted by molar-refractivity contribution is 8.04. The molecule has 0 fully saturated rings. The summed E-state index contributed by atoms with van der Waals surface area (Å²) in [6.07, 6.45) is 1.35. The number of hydrogen-bond donors (Lipinski definition) is 1. The minimum atomic E-state index is -4.03. The van der Waals surface area contributed by atoms with Crippen LogP contribution in [-0.2, 0) is 20.2 Å². The van der Waals surface area contributed by atoms with Gasteiger partial charge in [0, 0.05) is 11.1 Å². The first-order chi connectivity index (χ1) is 14.0. The highest BCUT2D eigenvalue weighted by atomic mass is 32.2. The van der Waals surface area contributed by atoms with Crippen LogP contribution < -0.4 is 0 Å². The summed E-state index contributed by atoms with van der Waals surface area (Å²) in [6, 6.07) is 13.1. The third-order valence-electron chi connectivity index (χ3n) is 4.53. The summed E-state index contributed by atoms with van der Waals surface area (Å²) in [5.41, 5.74) is 1.69. The lowest BCUT2D eigenvalue weighted by atomic mass is 9.87. The van der Waals surface area contributed by atoms with E-state index in [2.05, 4.69) is 4.40 Å². The molecule has 0 bridgehead atoms. The Bertz CT molecular complexity index is 1170. The molecule has 1 aliphatic rings. The topological polar surface area (TPSA) is 101 Å². The quantitative estimate of drug-likeness (QED) is 0.748. The average Bonchev–Trinajstić information content (AvgIpc) is 2.68. The van der Waals surface area contributed by atoms with Crippen molar-refractivity contribution in [1.82, 2.24) is 0 Å². The molecule has 0 saturated heterocycles. The molecule has 1 N–H and O–H groups in total. The molecule has 0 unspecified atom stereocenters. The average molecular weight is 444 g/mol. The van der Waals surface area contributed by atoms with Crippen LogP contribution >= 0.6 is 11.8 Å². The highest BCUT2D eigenvalue weighted by Gasteiger charge is 2.27. The predicted molar refractivity (Wildman–Crippen MR) is 118 cm³/mol. The van der Waals surface area contributed by atoms with Crippen LogP contribution in [0.1, 0.15) is 42.3 Å². The van der Waals surface area contributed by atoms with Crippen LogP contribution in [-0.4, -0.2) is 36.7 Å². The number of allylic oxidation sites excluding steroid dienone is 2. The van der Waals surface area contributed by atoms with E-state index in [1.165, 1.54) is 18.2 Å². The molecule has 2 aromatic carbocycles. The number of carboxylic acids is 1. The number of carbonyl (C=O) groups is 2. The molecule has 156 valence electrons. The zero-order valence-corrected chi connectivity index (χ0v) is 18.4. The van der Waals surface area contributed by atoms with E-state index < -0.39 is 16.0 Å². The molecule has 0 aliphatic heterocycles. The summed E-state index contributed by atoms with van der Waals surface area (Å²) < 4.78 is 29.8. The Balaban J connectivity index is 2.06. The van der Waals surface area contributed by atoms with Gasteiger partial charge in [0.1, 0.15) is 0 Å². The molecule has 6 nitrogen and oxygen atoms in total. The number of Topliss-reactive ketones (excluding diaryl/α,β-unsaturated/α-hetero) is 1. The fraction of sp³-hybridized carbons (Fsp3) is 0.227. The number of carbonyl (C=O) groups excluding carboxylic acids is 1. The highest BCUT2D eigenvalue weighted by Crippen LogP contribution is 2.30. The summed E-state index contributed by atoms with van der Waals surface area (Å²) in [7, 11) is -4.03. The third-order valence-corrected chi connectivity index (χ3v) is 6.84. The molecule has 0 heterocycles. The Morgan fingerprint density at radius 3 is 2.20 bits per heavy atom. The van der Waals surface area contributed by atoms with Crippen LogP contribution in [0.2, 0.25) is 0 Å². The van der Waals surface area contributed by atoms with Crippen LogP contribution in [0.15, 0.2) is 68.8 Å². The van der Waals surface area contributed by atoms with Crippen LogP contribution in [0.4, 0.5) is 0 Å². The van der Waals surface area contributed by atoms with Gasteiger partial charge < -0.3 is 5.11 Å². The molecular weight excluding hydrogens is 422 g/mol. The maximum Gasteiger partial charge on any atom is 0.313 e. The smallest absolute Gasteiger partial charge is 0.313 e. The van der Waals surface area contributed by atoms with Gasteiger partial charge >= 0.3 is 5.97 Å². The molecular formula is C22H21NO5S2. The number of nitrogens with zero attached hydrogens (tertiary/aromatic N) is 1. The van der Waals surface area contributed by atoms with E-state index in [1.807, 2.05) is 20.8 Å². The van der Waals surface area contributed by atoms with Gasteiger partial charge in [-0.05, 0) is 29.2 Å². The maximum atomic E-state index is 12.9. The van der Waals surface area contributed by atoms with Crippen molar-refractivity contribution in [2.45, 2.75) is 31.1 Å². The number of rotatable bonds is 5. The van der Waals surface area contributed by atoms with Crippen molar-refractivity contribution < 1.29 is 23.1 Å². The number of hydrogen-bond acceptors (Lipinski definition) is 5. The Hall–Kier alpha value is -2.71. The van der Waals surface area contributed by atoms with Gasteiger partial charge in [0.25, 0.3) is 10.0 Å². The van der Waals surface area contributed by atoms with Crippen LogP contribution in [0.3, 0.4) is 0 Å². The minimum absolute atomic E-state index is 0.0468. The zero-order chi connectivity index (χ0) is 22.1. The monoisotopic (exact) mass is 443 g/mol. The number of sulfonamides is 1. The molecule has 30 heavy (non-hydrogen) atoms. The summed E-state index contributed by atoms with van der Waals surface area (Å²) in [5, 5.41) is 8.92. The summed E-state index contributed by atoms with van der Waals surface area (Å²) in [5.74, 6) is -1.73. The van der Waals surface area contributed by atoms with Gasteiger partial charge in [-0.2, -0.15) is 12.8 Å². The van der Waals surface area contributed by atoms with Gasteiger partial charge in [-0.3, -0.25) is 9.59 Å². The van der Waals surface area contributed by atoms with E-state index in [0.717, 1.165) is 17.3 Å². The molecule has 0 amide bonds. The number of fused-ring (bicyclic) bond motifs is 1. The van der Waals surface area contributed by atoms with Crippen molar-refractivity contribution in [3.05, 3.63) is 76.2 Å². The van der Waals surface area contributed by atoms with Crippen molar-refractivity contribution in [3.8, 4) is 0 Å². The Kier molecular flexibility index (Phi) is 6.01. The number of thioether (sulfide) groups is 1. The minimum Gasteiger partial charge on any atom is -0.481 e. The molecule has 3 rings (SSSR count). The van der Waals surface area contributed by atoms with Gasteiger partial charge in [-0.25, -0.2) is 0 Å². The molecule has 0 atom stereocenters. The van der Waals surface area contributed by atoms with Crippen LogP contribution in [0.25, 0.3) is 0 Å². The fourth-order valence-corrected chi connectivity index (χ4v) is 4.65. The summed E-state index contributed by atoms with van der Waals surface area (Å²) >= 11 is 0.844. The second kappa shape index (κ2) is 8.20. The van der Waals surface area contributed by atoms with Crippen LogP contribution in [0, 0.1) is 0 Å². The normalized spacial score (nSPS) is 15.6. The van der Waals surface area contributed by atoms with Gasteiger partial charge in [0.05, 0.1) is 21.3 Å². The predicted octanol–water partition coefficient (Wildman–Crippen LogP) is 4.06. The van der Waals surface area contributed by atoms with Gasteiger partial charge in [-0.15, -0.1) is 11.8 Å². The van der Waals surface area contributed by atoms with E-state index in [0.29, 0.717) is 11.1 Å². The van der Waals surface area contributed by atoms with E-state index >= 15 is 0 Å². The lowest BCUT2D eigenvalue weighted by Gasteiger charge is -2.19. The number of benzene rings is 2. The molecule has 0 spiro atoms. The second-order valence-corrected chi connectivity index (χ2v) is 10.4. The van der Waals surface area contributed by atoms with Gasteiger partial charge in [-0.1, -0.05) is 57.2 Å². The largest absolute Gasteiger partial charge is 0.481 e. The van der Waals surface area contributed by atoms with Gasteiger partial charge in [0.2, 0.25) is 0 Å². The molecule has 0 aromatic heterocycles. The van der Waals surface area contributed by atoms with Crippen molar-refractivity contribution >= 4 is 39.2 Å². The number of aliphatic carboxylic acids is 1. The third kappa shape index (κ3) is 4.71. The van der Waals surface area contributed by atoms with E-state index in [-0.39, 0.29) is 32.5 Å². The summed E-state index contributed by atoms with van der Waals surface area (Å²) in [6.45, 7) is 6.11. The molecule has 0 radical (unpaired) electrons. The van der Waals surface area contributed by atoms with Crippen molar-refractivity contribution in [2.24, 2.45) is 4.40 Å². The first-order valence-corrected chi connectivity index (χ1v) is 11.6. The zero-order valence-electron chi connectivity index (χ0n) is 16.7. The fourth-order valence-electron chi connectivity index (χ4n) is 2.94. The Morgan fingerprint density at radius 2 is 1.63 bits per heavy atom. The standard InChI is InChI=1S/C22H21NO5S2/c1-22(2,3)14-8-10-15(11-9-14)30(27,28)23-18-12-19(29-13-20(24)25)21(26)17-7-5-4-6-16(17)18/h4-12H,13H2,1-3H3,(H,24,25)/b23-18-. The van der Waals surface area contributed by atoms with E-state index in [4.69, 9.17) is 5.11 Å². The van der Waals surface area contributed by atoms with Crippen molar-refractivity contribution in [2.75, 3.05) is 5.75 Å². The second-order valence-electron chi connectivity index (χ2n) is 7.79. The molecule has 0 saturated carbocycles. The van der Waals surface area contributed by atoms with Crippen molar-refractivity contribution in [1.29, 1.82) is 0 Å². The maximum absolute atomic E-state index is 12.9. The van der Waals surface area contributed by atoms with E-state index in [9.17, 15) is 18.0 Å². The first-order valence-electron chi connectivity index (χ1n) is 9.15. The lowest BCUT2D eigenvalue weighted by Crippen LogP contribution is -2.18. The number of ketones is 1. The molecule has 8 heteroatoms. The van der Waals surface area contributed by atoms with Crippen LogP contribution in [0.5, 0.6) is 0 Å². The Morgan fingerprint density at radius 1 is 1.03 bits per heavy atom. The molecule has 2 aromatic rings. The Labute approximate surface area is 179 Å². The first kappa shape index (κ1) is 22.0.